The van der Waals surface area contributed by atoms with Gasteiger partial charge in [-0.15, -0.1) is 0 Å². The zero-order valence-electron chi connectivity index (χ0n) is 9.12. The molecule has 0 saturated carbocycles. The van der Waals surface area contributed by atoms with Gasteiger partial charge in [-0.2, -0.15) is 11.3 Å². The highest BCUT2D eigenvalue weighted by Gasteiger charge is 2.30. The maximum Gasteiger partial charge on any atom is 0.264 e. The van der Waals surface area contributed by atoms with E-state index in [1.807, 2.05) is 0 Å². The summed E-state index contributed by atoms with van der Waals surface area (Å²) < 4.78 is 25.6. The van der Waals surface area contributed by atoms with Gasteiger partial charge in [0.05, 0.1) is 0 Å². The van der Waals surface area contributed by atoms with Crippen LogP contribution in [-0.4, -0.2) is 12.1 Å². The predicted molar refractivity (Wildman–Crippen MR) is 61.8 cm³/mol. The molecule has 1 aromatic heterocycles. The average Bonchev–Trinajstić information content (AvgIpc) is 2.70. The molecule has 3 N–H and O–H groups in total. The minimum atomic E-state index is -2.41. The molecule has 0 aromatic carbocycles. The number of rotatable bonds is 2. The van der Waals surface area contributed by atoms with E-state index in [1.165, 1.54) is 16.7 Å². The second kappa shape index (κ2) is 4.77. The van der Waals surface area contributed by atoms with Crippen molar-refractivity contribution in [2.24, 2.45) is 5.73 Å². The summed E-state index contributed by atoms with van der Waals surface area (Å²) in [5.74, 6) is 0. The molecular weight excluding hydrogens is 230 g/mol. The van der Waals surface area contributed by atoms with E-state index in [0.29, 0.717) is 11.6 Å². The molecule has 3 unspecified atom stereocenters. The lowest BCUT2D eigenvalue weighted by Crippen LogP contribution is -2.47. The van der Waals surface area contributed by atoms with Crippen LogP contribution in [0.25, 0.3) is 0 Å². The Bertz CT molecular complexity index is 354. The summed E-state index contributed by atoms with van der Waals surface area (Å²) in [4.78, 5) is 0. The van der Waals surface area contributed by atoms with E-state index in [9.17, 15) is 8.78 Å². The number of hydrogen-bond acceptors (Lipinski definition) is 3. The van der Waals surface area contributed by atoms with Crippen molar-refractivity contribution in [3.8, 4) is 0 Å². The standard InChI is InChI=1S/C11H16F2N2S/c1-6-2-3-9(14)10(15-6)7-4-16-5-8(7)11(12)13/h4-6,9-11,15H,2-3,14H2,1H3. The lowest BCUT2D eigenvalue weighted by molar-refractivity contribution is 0.148. The molecule has 90 valence electrons. The minimum absolute atomic E-state index is 0.0664. The van der Waals surface area contributed by atoms with Crippen LogP contribution in [-0.2, 0) is 0 Å². The number of halogens is 2. The first-order valence-electron chi connectivity index (χ1n) is 5.45. The molecule has 1 aliphatic rings. The van der Waals surface area contributed by atoms with E-state index in [-0.39, 0.29) is 17.6 Å². The van der Waals surface area contributed by atoms with Gasteiger partial charge >= 0.3 is 0 Å². The first-order chi connectivity index (χ1) is 7.59. The zero-order chi connectivity index (χ0) is 11.7. The second-order valence-corrected chi connectivity index (χ2v) is 5.11. The van der Waals surface area contributed by atoms with Crippen LogP contribution < -0.4 is 11.1 Å². The normalized spacial score (nSPS) is 30.9. The maximum absolute atomic E-state index is 12.8. The van der Waals surface area contributed by atoms with Crippen LogP contribution in [0.1, 0.15) is 43.4 Å². The molecule has 1 aromatic rings. The molecular formula is C11H16F2N2S. The summed E-state index contributed by atoms with van der Waals surface area (Å²) >= 11 is 1.32. The van der Waals surface area contributed by atoms with Crippen LogP contribution in [0.4, 0.5) is 8.78 Å². The summed E-state index contributed by atoms with van der Waals surface area (Å²) in [6.45, 7) is 2.06. The van der Waals surface area contributed by atoms with Crippen LogP contribution >= 0.6 is 11.3 Å². The molecule has 16 heavy (non-hydrogen) atoms. The Labute approximate surface area is 97.8 Å². The molecule has 1 aliphatic heterocycles. The highest BCUT2D eigenvalue weighted by Crippen LogP contribution is 2.34. The van der Waals surface area contributed by atoms with Gasteiger partial charge in [-0.25, -0.2) is 8.78 Å². The summed E-state index contributed by atoms with van der Waals surface area (Å²) in [5.41, 5.74) is 6.81. The van der Waals surface area contributed by atoms with Crippen molar-refractivity contribution in [1.82, 2.24) is 5.32 Å². The van der Waals surface area contributed by atoms with Gasteiger partial charge in [-0.3, -0.25) is 0 Å². The van der Waals surface area contributed by atoms with Gasteiger partial charge in [0.1, 0.15) is 0 Å². The molecule has 1 fully saturated rings. The maximum atomic E-state index is 12.8. The highest BCUT2D eigenvalue weighted by atomic mass is 32.1. The van der Waals surface area contributed by atoms with E-state index in [0.717, 1.165) is 12.8 Å². The first-order valence-corrected chi connectivity index (χ1v) is 6.39. The molecule has 1 saturated heterocycles. The van der Waals surface area contributed by atoms with Crippen molar-refractivity contribution in [2.45, 2.75) is 44.3 Å². The van der Waals surface area contributed by atoms with Gasteiger partial charge in [-0.1, -0.05) is 0 Å². The van der Waals surface area contributed by atoms with E-state index in [1.54, 1.807) is 5.38 Å². The van der Waals surface area contributed by atoms with Gasteiger partial charge in [0, 0.05) is 23.7 Å². The Balaban J connectivity index is 2.24. The first kappa shape index (κ1) is 12.0. The summed E-state index contributed by atoms with van der Waals surface area (Å²) in [5, 5.41) is 6.62. The number of alkyl halides is 2. The molecule has 2 nitrogen and oxygen atoms in total. The van der Waals surface area contributed by atoms with Crippen LogP contribution in [0.3, 0.4) is 0 Å². The molecule has 0 spiro atoms. The summed E-state index contributed by atoms with van der Waals surface area (Å²) in [7, 11) is 0. The number of nitrogens with one attached hydrogen (secondary N) is 1. The SMILES string of the molecule is CC1CCC(N)C(c2cscc2C(F)F)N1. The Morgan fingerprint density at radius 1 is 1.44 bits per heavy atom. The summed E-state index contributed by atoms with van der Waals surface area (Å²) in [6, 6.07) is 0.150. The van der Waals surface area contributed by atoms with Gasteiger partial charge in [0.2, 0.25) is 0 Å². The number of nitrogens with two attached hydrogens (primary N) is 1. The molecule has 3 atom stereocenters. The van der Waals surface area contributed by atoms with Crippen LogP contribution in [0, 0.1) is 0 Å². The van der Waals surface area contributed by atoms with Crippen molar-refractivity contribution in [3.63, 3.8) is 0 Å². The molecule has 0 radical (unpaired) electrons. The van der Waals surface area contributed by atoms with Crippen molar-refractivity contribution < 1.29 is 8.78 Å². The van der Waals surface area contributed by atoms with Gasteiger partial charge in [-0.05, 0) is 36.1 Å². The van der Waals surface area contributed by atoms with Crippen molar-refractivity contribution in [1.29, 1.82) is 0 Å². The van der Waals surface area contributed by atoms with Crippen molar-refractivity contribution in [3.05, 3.63) is 21.9 Å². The van der Waals surface area contributed by atoms with E-state index in [2.05, 4.69) is 12.2 Å². The summed E-state index contributed by atoms with van der Waals surface area (Å²) in [6.07, 6.45) is -0.518. The average molecular weight is 246 g/mol. The largest absolute Gasteiger partial charge is 0.326 e. The highest BCUT2D eigenvalue weighted by molar-refractivity contribution is 7.08. The smallest absolute Gasteiger partial charge is 0.264 e. The Hall–Kier alpha value is -0.520. The number of thiophene rings is 1. The Morgan fingerprint density at radius 3 is 2.88 bits per heavy atom. The third kappa shape index (κ3) is 2.26. The fraction of sp³-hybridized carbons (Fsp3) is 0.636. The zero-order valence-corrected chi connectivity index (χ0v) is 9.94. The molecule has 5 heteroatoms. The lowest BCUT2D eigenvalue weighted by atomic mass is 9.89. The predicted octanol–water partition coefficient (Wildman–Crippen LogP) is 2.83. The Kier molecular flexibility index (Phi) is 3.56. The van der Waals surface area contributed by atoms with Crippen LogP contribution in [0.5, 0.6) is 0 Å². The van der Waals surface area contributed by atoms with E-state index in [4.69, 9.17) is 5.73 Å². The van der Waals surface area contributed by atoms with Crippen LogP contribution in [0.15, 0.2) is 10.8 Å². The molecule has 0 amide bonds. The Morgan fingerprint density at radius 2 is 2.19 bits per heavy atom. The third-order valence-electron chi connectivity index (χ3n) is 3.12. The number of piperidine rings is 1. The van der Waals surface area contributed by atoms with Crippen molar-refractivity contribution in [2.75, 3.05) is 0 Å². The molecule has 2 heterocycles. The third-order valence-corrected chi connectivity index (χ3v) is 3.90. The lowest BCUT2D eigenvalue weighted by Gasteiger charge is -2.34. The molecule has 2 rings (SSSR count). The van der Waals surface area contributed by atoms with Gasteiger partial charge < -0.3 is 11.1 Å². The number of hydrogen-bond donors (Lipinski definition) is 2. The fourth-order valence-electron chi connectivity index (χ4n) is 2.19. The molecule has 0 aliphatic carbocycles. The topological polar surface area (TPSA) is 38.0 Å². The fourth-order valence-corrected chi connectivity index (χ4v) is 3.07. The van der Waals surface area contributed by atoms with E-state index < -0.39 is 6.43 Å². The second-order valence-electron chi connectivity index (χ2n) is 4.37. The van der Waals surface area contributed by atoms with E-state index >= 15 is 0 Å². The monoisotopic (exact) mass is 246 g/mol. The van der Waals surface area contributed by atoms with Crippen LogP contribution in [0.2, 0.25) is 0 Å². The van der Waals surface area contributed by atoms with Gasteiger partial charge in [0.25, 0.3) is 6.43 Å². The quantitative estimate of drug-likeness (QED) is 0.842. The molecule has 0 bridgehead atoms. The van der Waals surface area contributed by atoms with Crippen molar-refractivity contribution >= 4 is 11.3 Å². The van der Waals surface area contributed by atoms with Gasteiger partial charge in [0.15, 0.2) is 0 Å². The minimum Gasteiger partial charge on any atom is -0.326 e.